The molecule has 4 rings (SSSR count). The lowest BCUT2D eigenvalue weighted by molar-refractivity contribution is -0.143. The lowest BCUT2D eigenvalue weighted by atomic mass is 10.1. The third-order valence-electron chi connectivity index (χ3n) is 5.16. The topological polar surface area (TPSA) is 49.9 Å². The first-order valence-electron chi connectivity index (χ1n) is 8.67. The lowest BCUT2D eigenvalue weighted by Gasteiger charge is -2.38. The van der Waals surface area contributed by atoms with E-state index in [2.05, 4.69) is 0 Å². The Bertz CT molecular complexity index is 651. The Hall–Kier alpha value is -1.53. The maximum atomic E-state index is 12.7. The first-order chi connectivity index (χ1) is 11.7. The molecule has 1 aromatic rings. The molecule has 0 spiro atoms. The molecule has 2 fully saturated rings. The van der Waals surface area contributed by atoms with Crippen LogP contribution in [0.4, 0.5) is 5.69 Å². The molecule has 0 bridgehead atoms. The number of fused-ring (bicyclic) bond motifs is 2. The highest BCUT2D eigenvalue weighted by Gasteiger charge is 2.38. The van der Waals surface area contributed by atoms with Gasteiger partial charge in [-0.05, 0) is 31.4 Å². The molecule has 128 valence electrons. The van der Waals surface area contributed by atoms with E-state index in [-0.39, 0.29) is 24.0 Å². The van der Waals surface area contributed by atoms with Gasteiger partial charge in [0.05, 0.1) is 30.2 Å². The highest BCUT2D eigenvalue weighted by atomic mass is 32.2. The van der Waals surface area contributed by atoms with Crippen LogP contribution in [0.2, 0.25) is 0 Å². The van der Waals surface area contributed by atoms with Crippen LogP contribution in [0.25, 0.3) is 0 Å². The Morgan fingerprint density at radius 2 is 2.17 bits per heavy atom. The molecule has 0 unspecified atom stereocenters. The van der Waals surface area contributed by atoms with E-state index in [4.69, 9.17) is 4.74 Å². The van der Waals surface area contributed by atoms with Crippen molar-refractivity contribution in [3.05, 3.63) is 24.3 Å². The Labute approximate surface area is 146 Å². The summed E-state index contributed by atoms with van der Waals surface area (Å²) >= 11 is 1.57. The predicted molar refractivity (Wildman–Crippen MR) is 93.2 cm³/mol. The number of carbonyl (C=O) groups is 2. The average molecular weight is 346 g/mol. The second-order valence-corrected chi connectivity index (χ2v) is 7.56. The summed E-state index contributed by atoms with van der Waals surface area (Å²) in [7, 11) is 0. The molecule has 1 aliphatic carbocycles. The minimum atomic E-state index is 0.0900. The van der Waals surface area contributed by atoms with Gasteiger partial charge in [0.2, 0.25) is 11.8 Å². The van der Waals surface area contributed by atoms with Crippen molar-refractivity contribution in [2.24, 2.45) is 0 Å². The number of morpholine rings is 1. The SMILES string of the molecule is O=C1CSc2ccccc2N1CCC(=O)N1CCO[C@H]2CCC[C@H]21. The van der Waals surface area contributed by atoms with E-state index in [0.29, 0.717) is 31.9 Å². The number of anilines is 1. The Balaban J connectivity index is 1.43. The van der Waals surface area contributed by atoms with Gasteiger partial charge in [0.1, 0.15) is 0 Å². The van der Waals surface area contributed by atoms with Gasteiger partial charge >= 0.3 is 0 Å². The third-order valence-corrected chi connectivity index (χ3v) is 6.21. The summed E-state index contributed by atoms with van der Waals surface area (Å²) in [5.74, 6) is 0.693. The standard InChI is InChI=1S/C18H22N2O3S/c21-17(20-10-11-23-15-6-3-5-13(15)20)8-9-19-14-4-1-2-7-16(14)24-12-18(19)22/h1-2,4,7,13,15H,3,5-6,8-12H2/t13-,15+/m1/s1. The van der Waals surface area contributed by atoms with Gasteiger partial charge in [-0.25, -0.2) is 0 Å². The molecule has 5 nitrogen and oxygen atoms in total. The van der Waals surface area contributed by atoms with E-state index in [1.807, 2.05) is 29.2 Å². The normalized spacial score (nSPS) is 26.2. The molecule has 24 heavy (non-hydrogen) atoms. The van der Waals surface area contributed by atoms with Gasteiger partial charge in [0.25, 0.3) is 0 Å². The number of hydrogen-bond acceptors (Lipinski definition) is 4. The van der Waals surface area contributed by atoms with Crippen LogP contribution in [0.15, 0.2) is 29.2 Å². The Morgan fingerprint density at radius 1 is 1.29 bits per heavy atom. The monoisotopic (exact) mass is 346 g/mol. The van der Waals surface area contributed by atoms with Gasteiger partial charge in [-0.2, -0.15) is 0 Å². The zero-order valence-corrected chi connectivity index (χ0v) is 14.5. The minimum absolute atomic E-state index is 0.0900. The van der Waals surface area contributed by atoms with Crippen LogP contribution in [-0.4, -0.2) is 54.3 Å². The number of amides is 2. The predicted octanol–water partition coefficient (Wildman–Crippen LogP) is 2.30. The van der Waals surface area contributed by atoms with Crippen molar-refractivity contribution in [1.82, 2.24) is 4.90 Å². The zero-order valence-electron chi connectivity index (χ0n) is 13.6. The van der Waals surface area contributed by atoms with Crippen molar-refractivity contribution in [2.75, 3.05) is 30.3 Å². The molecule has 1 saturated carbocycles. The number of rotatable bonds is 3. The molecule has 0 aromatic heterocycles. The van der Waals surface area contributed by atoms with Gasteiger partial charge in [0, 0.05) is 24.4 Å². The number of hydrogen-bond donors (Lipinski definition) is 0. The fourth-order valence-electron chi connectivity index (χ4n) is 3.99. The van der Waals surface area contributed by atoms with Crippen LogP contribution in [-0.2, 0) is 14.3 Å². The first kappa shape index (κ1) is 16.0. The quantitative estimate of drug-likeness (QED) is 0.843. The van der Waals surface area contributed by atoms with Crippen LogP contribution in [0.1, 0.15) is 25.7 Å². The number of benzene rings is 1. The first-order valence-corrected chi connectivity index (χ1v) is 9.66. The largest absolute Gasteiger partial charge is 0.374 e. The summed E-state index contributed by atoms with van der Waals surface area (Å²) in [6.07, 6.45) is 3.83. The van der Waals surface area contributed by atoms with Gasteiger partial charge in [-0.3, -0.25) is 9.59 Å². The van der Waals surface area contributed by atoms with Crippen molar-refractivity contribution in [3.8, 4) is 0 Å². The molecule has 3 aliphatic rings. The van der Waals surface area contributed by atoms with Crippen LogP contribution in [0.3, 0.4) is 0 Å². The van der Waals surface area contributed by atoms with E-state index in [1.165, 1.54) is 0 Å². The average Bonchev–Trinajstić information content (AvgIpc) is 3.09. The van der Waals surface area contributed by atoms with E-state index in [9.17, 15) is 9.59 Å². The third kappa shape index (κ3) is 2.93. The molecule has 2 heterocycles. The van der Waals surface area contributed by atoms with Gasteiger partial charge in [-0.1, -0.05) is 12.1 Å². The molecule has 6 heteroatoms. The maximum Gasteiger partial charge on any atom is 0.237 e. The molecule has 2 aliphatic heterocycles. The number of nitrogens with zero attached hydrogens (tertiary/aromatic N) is 2. The lowest BCUT2D eigenvalue weighted by Crippen LogP contribution is -2.52. The van der Waals surface area contributed by atoms with Crippen molar-refractivity contribution in [1.29, 1.82) is 0 Å². The van der Waals surface area contributed by atoms with Crippen molar-refractivity contribution in [2.45, 2.75) is 42.7 Å². The summed E-state index contributed by atoms with van der Waals surface area (Å²) in [5.41, 5.74) is 0.937. The molecule has 2 atom stereocenters. The van der Waals surface area contributed by atoms with Crippen LogP contribution in [0.5, 0.6) is 0 Å². The van der Waals surface area contributed by atoms with Crippen molar-refractivity contribution in [3.63, 3.8) is 0 Å². The molecule has 0 radical (unpaired) electrons. The molecule has 1 saturated heterocycles. The molecular weight excluding hydrogens is 324 g/mol. The summed E-state index contributed by atoms with van der Waals surface area (Å²) in [6.45, 7) is 1.78. The number of ether oxygens (including phenoxy) is 1. The smallest absolute Gasteiger partial charge is 0.237 e. The summed E-state index contributed by atoms with van der Waals surface area (Å²) in [5, 5.41) is 0. The second-order valence-electron chi connectivity index (χ2n) is 6.55. The Kier molecular flexibility index (Phi) is 4.50. The van der Waals surface area contributed by atoms with Gasteiger partial charge < -0.3 is 14.5 Å². The van der Waals surface area contributed by atoms with Crippen molar-refractivity contribution < 1.29 is 14.3 Å². The highest BCUT2D eigenvalue weighted by molar-refractivity contribution is 8.00. The van der Waals surface area contributed by atoms with Gasteiger partial charge in [-0.15, -0.1) is 11.8 Å². The number of carbonyl (C=O) groups excluding carboxylic acids is 2. The molecule has 0 N–H and O–H groups in total. The summed E-state index contributed by atoms with van der Waals surface area (Å²) in [6, 6.07) is 8.17. The summed E-state index contributed by atoms with van der Waals surface area (Å²) in [4.78, 5) is 29.9. The van der Waals surface area contributed by atoms with Crippen LogP contribution in [0, 0.1) is 0 Å². The second kappa shape index (κ2) is 6.76. The van der Waals surface area contributed by atoms with E-state index in [1.54, 1.807) is 16.7 Å². The van der Waals surface area contributed by atoms with Crippen molar-refractivity contribution >= 4 is 29.3 Å². The van der Waals surface area contributed by atoms with E-state index >= 15 is 0 Å². The van der Waals surface area contributed by atoms with Gasteiger partial charge in [0.15, 0.2) is 0 Å². The maximum absolute atomic E-state index is 12.7. The number of para-hydroxylation sites is 1. The molecular formula is C18H22N2O3S. The fourth-order valence-corrected chi connectivity index (χ4v) is 4.92. The van der Waals surface area contributed by atoms with E-state index in [0.717, 1.165) is 29.8 Å². The minimum Gasteiger partial charge on any atom is -0.374 e. The molecule has 1 aromatic carbocycles. The highest BCUT2D eigenvalue weighted by Crippen LogP contribution is 2.35. The van der Waals surface area contributed by atoms with E-state index < -0.39 is 0 Å². The Morgan fingerprint density at radius 3 is 3.08 bits per heavy atom. The number of thioether (sulfide) groups is 1. The molecule has 2 amide bonds. The van der Waals surface area contributed by atoms with Crippen LogP contribution >= 0.6 is 11.8 Å². The van der Waals surface area contributed by atoms with Crippen LogP contribution < -0.4 is 4.90 Å². The fraction of sp³-hybridized carbons (Fsp3) is 0.556. The zero-order chi connectivity index (χ0) is 16.5. The summed E-state index contributed by atoms with van der Waals surface area (Å²) < 4.78 is 5.78.